The zero-order valence-electron chi connectivity index (χ0n) is 10.6. The predicted octanol–water partition coefficient (Wildman–Crippen LogP) is 1.97. The second kappa shape index (κ2) is 4.53. The van der Waals surface area contributed by atoms with Crippen molar-refractivity contribution >= 4 is 0 Å². The van der Waals surface area contributed by atoms with Crippen LogP contribution in [0.15, 0.2) is 24.3 Å². The summed E-state index contributed by atoms with van der Waals surface area (Å²) in [5, 5.41) is 4.53. The molecule has 3 rings (SSSR count). The highest BCUT2D eigenvalue weighted by Crippen LogP contribution is 2.19. The second-order valence-corrected chi connectivity index (χ2v) is 5.01. The fourth-order valence-electron chi connectivity index (χ4n) is 2.40. The highest BCUT2D eigenvalue weighted by atomic mass is 15.4. The Bertz CT molecular complexity index is 541. The Morgan fingerprint density at radius 1 is 1.33 bits per heavy atom. The van der Waals surface area contributed by atoms with E-state index in [1.165, 1.54) is 11.1 Å². The lowest BCUT2D eigenvalue weighted by Crippen LogP contribution is -2.25. The molecule has 0 radical (unpaired) electrons. The molecule has 4 nitrogen and oxygen atoms in total. The van der Waals surface area contributed by atoms with Gasteiger partial charge in [0, 0.05) is 12.8 Å². The van der Waals surface area contributed by atoms with Crippen LogP contribution >= 0.6 is 0 Å². The van der Waals surface area contributed by atoms with Crippen molar-refractivity contribution in [3.8, 4) is 0 Å². The van der Waals surface area contributed by atoms with Gasteiger partial charge in [-0.3, -0.25) is 0 Å². The van der Waals surface area contributed by atoms with Gasteiger partial charge >= 0.3 is 0 Å². The van der Waals surface area contributed by atoms with Crippen molar-refractivity contribution in [1.82, 2.24) is 14.8 Å². The lowest BCUT2D eigenvalue weighted by molar-refractivity contribution is 0.371. The Morgan fingerprint density at radius 2 is 2.11 bits per heavy atom. The monoisotopic (exact) mass is 242 g/mol. The number of hydrogen-bond donors (Lipinski definition) is 1. The van der Waals surface area contributed by atoms with Crippen LogP contribution in [0.2, 0.25) is 0 Å². The molecule has 0 aliphatic carbocycles. The molecule has 94 valence electrons. The maximum absolute atomic E-state index is 6.03. The number of aromatic nitrogens is 3. The number of nitrogens with two attached hydrogens (primary N) is 1. The van der Waals surface area contributed by atoms with Crippen molar-refractivity contribution in [1.29, 1.82) is 0 Å². The molecule has 1 aromatic heterocycles. The molecule has 1 aromatic carbocycles. The van der Waals surface area contributed by atoms with Gasteiger partial charge in [0.2, 0.25) is 0 Å². The van der Waals surface area contributed by atoms with E-state index in [0.29, 0.717) is 0 Å². The molecule has 0 saturated carbocycles. The lowest BCUT2D eigenvalue weighted by Gasteiger charge is -2.18. The molecular weight excluding hydrogens is 224 g/mol. The van der Waals surface area contributed by atoms with E-state index < -0.39 is 0 Å². The standard InChI is InChI=1S/C14H18N4/c1-10-5-7-11(8-6-10)9-13-16-14-4-2-3-12(15)18(14)17-13/h5-8,12H,2-4,9,15H2,1H3. The van der Waals surface area contributed by atoms with E-state index in [0.717, 1.165) is 37.3 Å². The molecule has 1 atom stereocenters. The van der Waals surface area contributed by atoms with Gasteiger partial charge in [-0.15, -0.1) is 0 Å². The third-order valence-electron chi connectivity index (χ3n) is 3.44. The van der Waals surface area contributed by atoms with Gasteiger partial charge in [0.05, 0.1) is 0 Å². The fraction of sp³-hybridized carbons (Fsp3) is 0.429. The first-order valence-corrected chi connectivity index (χ1v) is 6.48. The maximum Gasteiger partial charge on any atom is 0.155 e. The molecule has 1 aliphatic heterocycles. The molecule has 0 fully saturated rings. The SMILES string of the molecule is Cc1ccc(Cc2nc3n(n2)C(N)CCC3)cc1. The second-order valence-electron chi connectivity index (χ2n) is 5.01. The van der Waals surface area contributed by atoms with Crippen molar-refractivity contribution in [2.45, 2.75) is 38.8 Å². The molecule has 2 N–H and O–H groups in total. The van der Waals surface area contributed by atoms with E-state index in [1.807, 2.05) is 4.68 Å². The van der Waals surface area contributed by atoms with Crippen LogP contribution < -0.4 is 5.73 Å². The van der Waals surface area contributed by atoms with Crippen molar-refractivity contribution in [3.05, 3.63) is 47.0 Å². The van der Waals surface area contributed by atoms with Crippen molar-refractivity contribution in [2.24, 2.45) is 5.73 Å². The Morgan fingerprint density at radius 3 is 2.83 bits per heavy atom. The largest absolute Gasteiger partial charge is 0.310 e. The van der Waals surface area contributed by atoms with E-state index in [9.17, 15) is 0 Å². The minimum Gasteiger partial charge on any atom is -0.310 e. The highest BCUT2D eigenvalue weighted by molar-refractivity contribution is 5.23. The number of fused-ring (bicyclic) bond motifs is 1. The fourth-order valence-corrected chi connectivity index (χ4v) is 2.40. The van der Waals surface area contributed by atoms with Gasteiger partial charge < -0.3 is 5.73 Å². The number of benzene rings is 1. The van der Waals surface area contributed by atoms with Gasteiger partial charge in [-0.05, 0) is 25.3 Å². The number of nitrogens with zero attached hydrogens (tertiary/aromatic N) is 3. The number of rotatable bonds is 2. The van der Waals surface area contributed by atoms with E-state index in [1.54, 1.807) is 0 Å². The van der Waals surface area contributed by atoms with E-state index in [2.05, 4.69) is 41.3 Å². The molecule has 4 heteroatoms. The smallest absolute Gasteiger partial charge is 0.155 e. The summed E-state index contributed by atoms with van der Waals surface area (Å²) < 4.78 is 1.90. The molecule has 0 bridgehead atoms. The molecule has 0 saturated heterocycles. The Hall–Kier alpha value is -1.68. The minimum absolute atomic E-state index is 0.00742. The minimum atomic E-state index is 0.00742. The molecule has 0 amide bonds. The molecule has 2 heterocycles. The van der Waals surface area contributed by atoms with Crippen LogP contribution in [0.25, 0.3) is 0 Å². The topological polar surface area (TPSA) is 56.7 Å². The van der Waals surface area contributed by atoms with Crippen molar-refractivity contribution in [2.75, 3.05) is 0 Å². The molecular formula is C14H18N4. The van der Waals surface area contributed by atoms with Gasteiger partial charge in [-0.2, -0.15) is 5.10 Å². The van der Waals surface area contributed by atoms with Crippen LogP contribution in [0.5, 0.6) is 0 Å². The summed E-state index contributed by atoms with van der Waals surface area (Å²) in [7, 11) is 0. The summed E-state index contributed by atoms with van der Waals surface area (Å²) in [6.07, 6.45) is 3.90. The third kappa shape index (κ3) is 2.16. The summed E-state index contributed by atoms with van der Waals surface area (Å²) in [6.45, 7) is 2.09. The Labute approximate surface area is 107 Å². The zero-order valence-corrected chi connectivity index (χ0v) is 10.6. The van der Waals surface area contributed by atoms with E-state index >= 15 is 0 Å². The van der Waals surface area contributed by atoms with Crippen LogP contribution in [-0.2, 0) is 12.8 Å². The first-order valence-electron chi connectivity index (χ1n) is 6.48. The third-order valence-corrected chi connectivity index (χ3v) is 3.44. The summed E-state index contributed by atoms with van der Waals surface area (Å²) in [5.41, 5.74) is 8.56. The first kappa shape index (κ1) is 11.4. The zero-order chi connectivity index (χ0) is 12.5. The van der Waals surface area contributed by atoms with Crippen LogP contribution in [0.1, 0.15) is 41.8 Å². The summed E-state index contributed by atoms with van der Waals surface area (Å²) >= 11 is 0. The van der Waals surface area contributed by atoms with Gasteiger partial charge in [-0.1, -0.05) is 29.8 Å². The van der Waals surface area contributed by atoms with Crippen molar-refractivity contribution in [3.63, 3.8) is 0 Å². The molecule has 2 aromatic rings. The number of hydrogen-bond acceptors (Lipinski definition) is 3. The van der Waals surface area contributed by atoms with Gasteiger partial charge in [-0.25, -0.2) is 9.67 Å². The maximum atomic E-state index is 6.03. The summed E-state index contributed by atoms with van der Waals surface area (Å²) in [6, 6.07) is 8.51. The van der Waals surface area contributed by atoms with Gasteiger partial charge in [0.15, 0.2) is 5.82 Å². The first-order chi connectivity index (χ1) is 8.72. The normalized spacial score (nSPS) is 18.7. The average Bonchev–Trinajstić information content (AvgIpc) is 2.76. The highest BCUT2D eigenvalue weighted by Gasteiger charge is 2.19. The predicted molar refractivity (Wildman–Crippen MR) is 70.2 cm³/mol. The lowest BCUT2D eigenvalue weighted by atomic mass is 10.1. The molecule has 18 heavy (non-hydrogen) atoms. The molecule has 1 unspecified atom stereocenters. The summed E-state index contributed by atoms with van der Waals surface area (Å²) in [5.74, 6) is 1.92. The quantitative estimate of drug-likeness (QED) is 0.876. The van der Waals surface area contributed by atoms with Crippen LogP contribution in [0.4, 0.5) is 0 Å². The number of aryl methyl sites for hydroxylation is 2. The van der Waals surface area contributed by atoms with Crippen LogP contribution in [-0.4, -0.2) is 14.8 Å². The van der Waals surface area contributed by atoms with Gasteiger partial charge in [0.25, 0.3) is 0 Å². The van der Waals surface area contributed by atoms with Crippen LogP contribution in [0, 0.1) is 6.92 Å². The van der Waals surface area contributed by atoms with Crippen LogP contribution in [0.3, 0.4) is 0 Å². The Kier molecular flexibility index (Phi) is 2.88. The Balaban J connectivity index is 1.83. The molecule has 1 aliphatic rings. The van der Waals surface area contributed by atoms with Crippen molar-refractivity contribution < 1.29 is 0 Å². The average molecular weight is 242 g/mol. The molecule has 0 spiro atoms. The van der Waals surface area contributed by atoms with E-state index in [4.69, 9.17) is 5.73 Å². The van der Waals surface area contributed by atoms with E-state index in [-0.39, 0.29) is 6.17 Å². The summed E-state index contributed by atoms with van der Waals surface area (Å²) in [4.78, 5) is 4.59. The van der Waals surface area contributed by atoms with Gasteiger partial charge in [0.1, 0.15) is 12.0 Å².